The van der Waals surface area contributed by atoms with E-state index in [1.54, 1.807) is 26.2 Å². The van der Waals surface area contributed by atoms with Crippen LogP contribution in [0.3, 0.4) is 0 Å². The molecule has 2 aromatic rings. The number of aromatic nitrogens is 2. The number of carboxylic acid groups (broad SMARTS) is 1. The van der Waals surface area contributed by atoms with E-state index in [2.05, 4.69) is 4.98 Å². The van der Waals surface area contributed by atoms with E-state index in [4.69, 9.17) is 0 Å². The number of pyridine rings is 2. The van der Waals surface area contributed by atoms with E-state index in [0.717, 1.165) is 11.1 Å². The molecule has 0 saturated carbocycles. The van der Waals surface area contributed by atoms with Crippen LogP contribution >= 0.6 is 0 Å². The summed E-state index contributed by atoms with van der Waals surface area (Å²) >= 11 is 0. The van der Waals surface area contributed by atoms with Crippen molar-refractivity contribution in [2.45, 2.75) is 27.3 Å². The third kappa shape index (κ3) is 2.47. The van der Waals surface area contributed by atoms with Gasteiger partial charge in [0, 0.05) is 24.2 Å². The SMILES string of the molecule is Cc1cnccc1Cn1c(C)c(C(=O)O)c(C)cc1=O. The minimum Gasteiger partial charge on any atom is -0.478 e. The molecule has 2 aromatic heterocycles. The van der Waals surface area contributed by atoms with Gasteiger partial charge in [-0.05, 0) is 43.5 Å². The summed E-state index contributed by atoms with van der Waals surface area (Å²) in [6.45, 7) is 5.56. The van der Waals surface area contributed by atoms with Gasteiger partial charge in [0.1, 0.15) is 0 Å². The van der Waals surface area contributed by atoms with Gasteiger partial charge in [0.2, 0.25) is 0 Å². The lowest BCUT2D eigenvalue weighted by atomic mass is 10.1. The van der Waals surface area contributed by atoms with Crippen LogP contribution in [0.25, 0.3) is 0 Å². The second kappa shape index (κ2) is 5.28. The third-order valence-corrected chi connectivity index (χ3v) is 3.45. The molecule has 104 valence electrons. The molecule has 0 aliphatic rings. The van der Waals surface area contributed by atoms with Crippen molar-refractivity contribution in [2.75, 3.05) is 0 Å². The summed E-state index contributed by atoms with van der Waals surface area (Å²) in [4.78, 5) is 27.4. The molecule has 0 aromatic carbocycles. The van der Waals surface area contributed by atoms with E-state index in [-0.39, 0.29) is 11.1 Å². The number of aromatic carboxylic acids is 1. The zero-order valence-corrected chi connectivity index (χ0v) is 11.7. The molecular weight excluding hydrogens is 256 g/mol. The van der Waals surface area contributed by atoms with Crippen LogP contribution in [0.15, 0.2) is 29.3 Å². The topological polar surface area (TPSA) is 72.2 Å². The fourth-order valence-corrected chi connectivity index (χ4v) is 2.29. The molecule has 0 aliphatic carbocycles. The number of hydrogen-bond donors (Lipinski definition) is 1. The standard InChI is InChI=1S/C15H16N2O3/c1-9-6-13(18)17(11(3)14(9)15(19)20)8-12-4-5-16-7-10(12)2/h4-7H,8H2,1-3H3,(H,19,20). The van der Waals surface area contributed by atoms with E-state index >= 15 is 0 Å². The lowest BCUT2D eigenvalue weighted by Gasteiger charge is -2.15. The molecule has 0 amide bonds. The van der Waals surface area contributed by atoms with Gasteiger partial charge in [0.25, 0.3) is 5.56 Å². The summed E-state index contributed by atoms with van der Waals surface area (Å²) in [6.07, 6.45) is 3.39. The van der Waals surface area contributed by atoms with Crippen molar-refractivity contribution in [1.29, 1.82) is 0 Å². The van der Waals surface area contributed by atoms with Crippen LogP contribution in [0.2, 0.25) is 0 Å². The number of carboxylic acids is 1. The van der Waals surface area contributed by atoms with Crippen molar-refractivity contribution >= 4 is 5.97 Å². The van der Waals surface area contributed by atoms with Crippen LogP contribution in [0.5, 0.6) is 0 Å². The maximum absolute atomic E-state index is 12.1. The smallest absolute Gasteiger partial charge is 0.337 e. The fourth-order valence-electron chi connectivity index (χ4n) is 2.29. The molecule has 0 atom stereocenters. The van der Waals surface area contributed by atoms with Crippen molar-refractivity contribution in [2.24, 2.45) is 0 Å². The van der Waals surface area contributed by atoms with Crippen LogP contribution in [0, 0.1) is 20.8 Å². The second-order valence-electron chi connectivity index (χ2n) is 4.82. The van der Waals surface area contributed by atoms with Crippen molar-refractivity contribution in [3.63, 3.8) is 0 Å². The fraction of sp³-hybridized carbons (Fsp3) is 0.267. The maximum atomic E-state index is 12.1. The van der Waals surface area contributed by atoms with Gasteiger partial charge in [-0.2, -0.15) is 0 Å². The van der Waals surface area contributed by atoms with Crippen LogP contribution in [-0.4, -0.2) is 20.6 Å². The molecule has 2 heterocycles. The summed E-state index contributed by atoms with van der Waals surface area (Å²) in [5, 5.41) is 9.26. The normalized spacial score (nSPS) is 10.6. The molecule has 0 aliphatic heterocycles. The Hall–Kier alpha value is -2.43. The highest BCUT2D eigenvalue weighted by atomic mass is 16.4. The number of rotatable bonds is 3. The lowest BCUT2D eigenvalue weighted by molar-refractivity contribution is 0.0694. The summed E-state index contributed by atoms with van der Waals surface area (Å²) in [5.41, 5.74) is 2.88. The van der Waals surface area contributed by atoms with E-state index < -0.39 is 5.97 Å². The molecule has 5 heteroatoms. The highest BCUT2D eigenvalue weighted by Gasteiger charge is 2.16. The molecule has 2 rings (SSSR count). The van der Waals surface area contributed by atoms with Gasteiger partial charge in [-0.1, -0.05) is 0 Å². The molecule has 0 saturated heterocycles. The van der Waals surface area contributed by atoms with Gasteiger partial charge in [0.15, 0.2) is 0 Å². The zero-order valence-electron chi connectivity index (χ0n) is 11.7. The molecule has 0 fully saturated rings. The molecule has 0 radical (unpaired) electrons. The maximum Gasteiger partial charge on any atom is 0.337 e. The Morgan fingerprint density at radius 3 is 2.60 bits per heavy atom. The van der Waals surface area contributed by atoms with Gasteiger partial charge in [-0.15, -0.1) is 0 Å². The monoisotopic (exact) mass is 272 g/mol. The minimum atomic E-state index is -1.01. The largest absolute Gasteiger partial charge is 0.478 e. The predicted molar refractivity (Wildman–Crippen MR) is 75.2 cm³/mol. The summed E-state index contributed by atoms with van der Waals surface area (Å²) in [5.74, 6) is -1.01. The van der Waals surface area contributed by atoms with Gasteiger partial charge in [-0.3, -0.25) is 9.78 Å². The average molecular weight is 272 g/mol. The van der Waals surface area contributed by atoms with Crippen LogP contribution in [0.4, 0.5) is 0 Å². The van der Waals surface area contributed by atoms with E-state index in [1.807, 2.05) is 13.0 Å². The summed E-state index contributed by atoms with van der Waals surface area (Å²) < 4.78 is 1.48. The van der Waals surface area contributed by atoms with Crippen molar-refractivity contribution in [3.8, 4) is 0 Å². The van der Waals surface area contributed by atoms with E-state index in [1.165, 1.54) is 10.6 Å². The Kier molecular flexibility index (Phi) is 3.70. The molecule has 1 N–H and O–H groups in total. The zero-order chi connectivity index (χ0) is 14.9. The Morgan fingerprint density at radius 1 is 1.30 bits per heavy atom. The van der Waals surface area contributed by atoms with Crippen LogP contribution < -0.4 is 5.56 Å². The highest BCUT2D eigenvalue weighted by molar-refractivity contribution is 5.90. The number of hydrogen-bond acceptors (Lipinski definition) is 3. The Labute approximate surface area is 116 Å². The van der Waals surface area contributed by atoms with Gasteiger partial charge in [0.05, 0.1) is 12.1 Å². The molecule has 0 spiro atoms. The highest BCUT2D eigenvalue weighted by Crippen LogP contribution is 2.14. The average Bonchev–Trinajstić information content (AvgIpc) is 2.35. The molecule has 0 unspecified atom stereocenters. The van der Waals surface area contributed by atoms with Crippen molar-refractivity contribution in [1.82, 2.24) is 9.55 Å². The second-order valence-corrected chi connectivity index (χ2v) is 4.82. The first-order chi connectivity index (χ1) is 9.41. The number of aryl methyl sites for hydroxylation is 2. The Bertz CT molecular complexity index is 732. The summed E-state index contributed by atoms with van der Waals surface area (Å²) in [6, 6.07) is 3.20. The van der Waals surface area contributed by atoms with Gasteiger partial charge >= 0.3 is 5.97 Å². The number of carbonyl (C=O) groups is 1. The predicted octanol–water partition coefficient (Wildman–Crippen LogP) is 1.92. The Balaban J connectivity index is 2.58. The first-order valence-electron chi connectivity index (χ1n) is 6.25. The van der Waals surface area contributed by atoms with E-state index in [9.17, 15) is 14.7 Å². The van der Waals surface area contributed by atoms with Crippen LogP contribution in [-0.2, 0) is 6.54 Å². The minimum absolute atomic E-state index is 0.191. The van der Waals surface area contributed by atoms with E-state index in [0.29, 0.717) is 17.8 Å². The third-order valence-electron chi connectivity index (χ3n) is 3.45. The molecule has 20 heavy (non-hydrogen) atoms. The first-order valence-corrected chi connectivity index (χ1v) is 6.25. The molecule has 5 nitrogen and oxygen atoms in total. The van der Waals surface area contributed by atoms with Crippen LogP contribution in [0.1, 0.15) is 32.7 Å². The van der Waals surface area contributed by atoms with Gasteiger partial charge < -0.3 is 9.67 Å². The van der Waals surface area contributed by atoms with Crippen molar-refractivity contribution in [3.05, 3.63) is 62.8 Å². The quantitative estimate of drug-likeness (QED) is 0.926. The van der Waals surface area contributed by atoms with Crippen molar-refractivity contribution < 1.29 is 9.90 Å². The lowest BCUT2D eigenvalue weighted by Crippen LogP contribution is -2.26. The molecule has 0 bridgehead atoms. The number of nitrogens with zero attached hydrogens (tertiary/aromatic N) is 2. The Morgan fingerprint density at radius 2 is 2.00 bits per heavy atom. The summed E-state index contributed by atoms with van der Waals surface area (Å²) in [7, 11) is 0. The van der Waals surface area contributed by atoms with Gasteiger partial charge in [-0.25, -0.2) is 4.79 Å². The first kappa shape index (κ1) is 14.0. The molecular formula is C15H16N2O3.